The van der Waals surface area contributed by atoms with Crippen LogP contribution in [0.1, 0.15) is 34.4 Å². The number of benzene rings is 2. The van der Waals surface area contributed by atoms with Gasteiger partial charge in [0.05, 0.1) is 25.5 Å². The summed E-state index contributed by atoms with van der Waals surface area (Å²) in [5.74, 6) is 6.89. The number of nitrogens with one attached hydrogen (secondary N) is 1. The van der Waals surface area contributed by atoms with Gasteiger partial charge >= 0.3 is 6.09 Å². The number of aromatic nitrogens is 2. The fourth-order valence-corrected chi connectivity index (χ4v) is 3.08. The molecule has 2 aromatic carbocycles. The Labute approximate surface area is 162 Å². The lowest BCUT2D eigenvalue weighted by atomic mass is 9.95. The molecule has 0 unspecified atom stereocenters. The maximum Gasteiger partial charge on any atom is 0.408 e. The second-order valence-electron chi connectivity index (χ2n) is 6.23. The smallest absolute Gasteiger partial charge is 0.408 e. The molecule has 2 atom stereocenters. The Morgan fingerprint density at radius 3 is 2.64 bits per heavy atom. The van der Waals surface area contributed by atoms with Crippen molar-refractivity contribution in [3.8, 4) is 17.6 Å². The molecule has 1 amide bonds. The molecule has 1 aliphatic rings. The van der Waals surface area contributed by atoms with Crippen LogP contribution in [-0.4, -0.2) is 23.4 Å². The zero-order valence-electron chi connectivity index (χ0n) is 15.1. The molecule has 0 bridgehead atoms. The average molecular weight is 371 g/mol. The molecular formula is C22H17N3O3. The number of methoxy groups -OCH3 is 1. The van der Waals surface area contributed by atoms with E-state index in [1.54, 1.807) is 25.6 Å². The normalized spacial score (nSPS) is 17.8. The monoisotopic (exact) mass is 371 g/mol. The second-order valence-corrected chi connectivity index (χ2v) is 6.23. The topological polar surface area (TPSA) is 73.3 Å². The minimum Gasteiger partial charge on any atom is -0.497 e. The molecule has 0 aliphatic carbocycles. The number of rotatable bonds is 3. The van der Waals surface area contributed by atoms with Crippen LogP contribution in [0.25, 0.3) is 0 Å². The summed E-state index contributed by atoms with van der Waals surface area (Å²) in [6.45, 7) is 0. The predicted molar refractivity (Wildman–Crippen MR) is 103 cm³/mol. The van der Waals surface area contributed by atoms with Gasteiger partial charge in [0.1, 0.15) is 5.75 Å². The summed E-state index contributed by atoms with van der Waals surface area (Å²) in [4.78, 5) is 12.0. The van der Waals surface area contributed by atoms with Crippen molar-refractivity contribution in [2.75, 3.05) is 7.11 Å². The minimum atomic E-state index is -0.449. The molecule has 2 heterocycles. The van der Waals surface area contributed by atoms with E-state index in [-0.39, 0.29) is 6.04 Å². The molecule has 1 N–H and O–H groups in total. The van der Waals surface area contributed by atoms with Crippen LogP contribution < -0.4 is 10.1 Å². The molecule has 1 saturated heterocycles. The Morgan fingerprint density at radius 1 is 1.00 bits per heavy atom. The molecular weight excluding hydrogens is 354 g/mol. The third-order valence-corrected chi connectivity index (χ3v) is 4.41. The van der Waals surface area contributed by atoms with Gasteiger partial charge in [-0.15, -0.1) is 0 Å². The van der Waals surface area contributed by atoms with Gasteiger partial charge < -0.3 is 14.8 Å². The number of hydrogen-bond donors (Lipinski definition) is 1. The lowest BCUT2D eigenvalue weighted by Crippen LogP contribution is -2.19. The molecule has 4 rings (SSSR count). The van der Waals surface area contributed by atoms with Crippen LogP contribution >= 0.6 is 0 Å². The fourth-order valence-electron chi connectivity index (χ4n) is 3.08. The lowest BCUT2D eigenvalue weighted by Gasteiger charge is -2.18. The first-order valence-electron chi connectivity index (χ1n) is 8.73. The van der Waals surface area contributed by atoms with Crippen molar-refractivity contribution in [1.82, 2.24) is 15.5 Å². The molecule has 6 heteroatoms. The van der Waals surface area contributed by atoms with Gasteiger partial charge in [-0.2, -0.15) is 10.2 Å². The largest absolute Gasteiger partial charge is 0.497 e. The summed E-state index contributed by atoms with van der Waals surface area (Å²) >= 11 is 0. The molecule has 6 nitrogen and oxygen atoms in total. The highest BCUT2D eigenvalue weighted by Crippen LogP contribution is 2.37. The third-order valence-electron chi connectivity index (χ3n) is 4.41. The first-order chi connectivity index (χ1) is 13.7. The van der Waals surface area contributed by atoms with E-state index in [4.69, 9.17) is 9.47 Å². The second kappa shape index (κ2) is 7.80. The van der Waals surface area contributed by atoms with Crippen LogP contribution in [0.5, 0.6) is 5.75 Å². The summed E-state index contributed by atoms with van der Waals surface area (Å²) in [5, 5.41) is 10.4. The summed E-state index contributed by atoms with van der Waals surface area (Å²) in [6.07, 6.45) is 2.32. The molecule has 3 aromatic rings. The van der Waals surface area contributed by atoms with Crippen molar-refractivity contribution < 1.29 is 14.3 Å². The summed E-state index contributed by atoms with van der Waals surface area (Å²) in [5.41, 5.74) is 3.40. The van der Waals surface area contributed by atoms with Gasteiger partial charge in [-0.25, -0.2) is 4.79 Å². The summed E-state index contributed by atoms with van der Waals surface area (Å²) in [7, 11) is 1.61. The van der Waals surface area contributed by atoms with Crippen molar-refractivity contribution in [1.29, 1.82) is 0 Å². The maximum absolute atomic E-state index is 12.0. The third kappa shape index (κ3) is 3.79. The van der Waals surface area contributed by atoms with Crippen LogP contribution in [0.2, 0.25) is 0 Å². The highest BCUT2D eigenvalue weighted by Gasteiger charge is 2.36. The number of carbonyl (C=O) groups is 1. The first-order valence-corrected chi connectivity index (χ1v) is 8.73. The van der Waals surface area contributed by atoms with E-state index in [1.165, 1.54) is 0 Å². The highest BCUT2D eigenvalue weighted by molar-refractivity contribution is 5.71. The molecule has 1 aromatic heterocycles. The van der Waals surface area contributed by atoms with Gasteiger partial charge in [0.2, 0.25) is 0 Å². The quantitative estimate of drug-likeness (QED) is 0.715. The average Bonchev–Trinajstić information content (AvgIpc) is 3.15. The standard InChI is InChI=1S/C22H17N3O3/c1-27-19-7-3-6-18(13-19)21-20(25-22(26)28-21)17-5-2-4-15(12-17)8-9-16-10-11-23-24-14-16/h2-7,10-14,20-21H,1H3,(H,25,26)/t20-,21-/m1/s1. The summed E-state index contributed by atoms with van der Waals surface area (Å²) < 4.78 is 10.8. The number of cyclic esters (lactones) is 1. The van der Waals surface area contributed by atoms with Crippen LogP contribution in [0.15, 0.2) is 67.0 Å². The number of hydrogen-bond acceptors (Lipinski definition) is 5. The first kappa shape index (κ1) is 17.6. The minimum absolute atomic E-state index is 0.316. The van der Waals surface area contributed by atoms with Gasteiger partial charge in [-0.3, -0.25) is 0 Å². The van der Waals surface area contributed by atoms with E-state index < -0.39 is 12.2 Å². The Kier molecular flexibility index (Phi) is 4.89. The summed E-state index contributed by atoms with van der Waals surface area (Å²) in [6, 6.07) is 16.7. The zero-order valence-corrected chi connectivity index (χ0v) is 15.1. The van der Waals surface area contributed by atoms with Crippen molar-refractivity contribution in [2.45, 2.75) is 12.1 Å². The Hall–Kier alpha value is -3.85. The Balaban J connectivity index is 1.64. The van der Waals surface area contributed by atoms with Crippen LogP contribution in [0.4, 0.5) is 4.79 Å². The maximum atomic E-state index is 12.0. The molecule has 0 spiro atoms. The van der Waals surface area contributed by atoms with Crippen LogP contribution in [0.3, 0.4) is 0 Å². The van der Waals surface area contributed by atoms with E-state index in [0.717, 1.165) is 22.3 Å². The van der Waals surface area contributed by atoms with E-state index in [0.29, 0.717) is 5.75 Å². The van der Waals surface area contributed by atoms with Crippen LogP contribution in [-0.2, 0) is 4.74 Å². The highest BCUT2D eigenvalue weighted by atomic mass is 16.6. The van der Waals surface area contributed by atoms with Gasteiger partial charge in [0.15, 0.2) is 6.10 Å². The number of amides is 1. The van der Waals surface area contributed by atoms with Crippen molar-refractivity contribution >= 4 is 6.09 Å². The number of carbonyl (C=O) groups excluding carboxylic acids is 1. The van der Waals surface area contributed by atoms with Gasteiger partial charge in [0.25, 0.3) is 0 Å². The molecule has 28 heavy (non-hydrogen) atoms. The molecule has 0 saturated carbocycles. The van der Waals surface area contributed by atoms with Crippen molar-refractivity contribution in [2.24, 2.45) is 0 Å². The van der Waals surface area contributed by atoms with E-state index in [1.807, 2.05) is 48.5 Å². The van der Waals surface area contributed by atoms with Gasteiger partial charge in [-0.05, 0) is 41.5 Å². The lowest BCUT2D eigenvalue weighted by molar-refractivity contribution is 0.132. The molecule has 138 valence electrons. The SMILES string of the molecule is COc1cccc([C@H]2OC(=O)N[C@@H]2c2cccc(C#Cc3ccnnc3)c2)c1. The van der Waals surface area contributed by atoms with Gasteiger partial charge in [-0.1, -0.05) is 36.1 Å². The fraction of sp³-hybridized carbons (Fsp3) is 0.136. The molecule has 1 fully saturated rings. The van der Waals surface area contributed by atoms with Crippen molar-refractivity contribution in [3.05, 3.63) is 89.2 Å². The van der Waals surface area contributed by atoms with Gasteiger partial charge in [0, 0.05) is 11.1 Å². The Morgan fingerprint density at radius 2 is 1.82 bits per heavy atom. The van der Waals surface area contributed by atoms with E-state index >= 15 is 0 Å². The molecule has 1 aliphatic heterocycles. The molecule has 0 radical (unpaired) electrons. The van der Waals surface area contributed by atoms with E-state index in [2.05, 4.69) is 27.4 Å². The zero-order chi connectivity index (χ0) is 19.3. The van der Waals surface area contributed by atoms with Crippen molar-refractivity contribution in [3.63, 3.8) is 0 Å². The van der Waals surface area contributed by atoms with E-state index in [9.17, 15) is 4.79 Å². The predicted octanol–water partition coefficient (Wildman–Crippen LogP) is 3.41. The Bertz CT molecular complexity index is 1060. The number of ether oxygens (including phenoxy) is 2. The van der Waals surface area contributed by atoms with Crippen LogP contribution in [0, 0.1) is 11.8 Å². The number of alkyl carbamates (subject to hydrolysis) is 1. The number of nitrogens with zero attached hydrogens (tertiary/aromatic N) is 2.